The minimum absolute atomic E-state index is 0.709. The number of rotatable bonds is 4. The van der Waals surface area contributed by atoms with Crippen LogP contribution in [0.2, 0.25) is 0 Å². The van der Waals surface area contributed by atoms with Gasteiger partial charge in [-0.05, 0) is 30.3 Å². The number of thiophene rings is 1. The van der Waals surface area contributed by atoms with Crippen LogP contribution in [0.5, 0.6) is 0 Å². The normalized spacial score (nSPS) is 11.6. The van der Waals surface area contributed by atoms with Crippen LogP contribution >= 0.6 is 11.3 Å². The Hall–Kier alpha value is -5.71. The van der Waals surface area contributed by atoms with Gasteiger partial charge in [0.15, 0.2) is 5.82 Å². The maximum atomic E-state index is 5.28. The molecule has 0 fully saturated rings. The Morgan fingerprint density at radius 1 is 0.378 bits per heavy atom. The molecule has 0 aliphatic heterocycles. The summed E-state index contributed by atoms with van der Waals surface area (Å²) in [5.41, 5.74) is 7.94. The third kappa shape index (κ3) is 4.38. The third-order valence-corrected chi connectivity index (χ3v) is 9.60. The minimum Gasteiger partial charge on any atom is -0.247 e. The van der Waals surface area contributed by atoms with Gasteiger partial charge < -0.3 is 0 Å². The molecule has 3 aromatic heterocycles. The summed E-state index contributed by atoms with van der Waals surface area (Å²) in [5.74, 6) is 0.709. The van der Waals surface area contributed by atoms with Crippen LogP contribution in [0, 0.1) is 0 Å². The van der Waals surface area contributed by atoms with Crippen molar-refractivity contribution in [2.75, 3.05) is 0 Å². The van der Waals surface area contributed by atoms with Crippen molar-refractivity contribution in [1.82, 2.24) is 15.0 Å². The third-order valence-electron chi connectivity index (χ3n) is 8.47. The Labute approximate surface area is 264 Å². The molecule has 4 heteroatoms. The Morgan fingerprint density at radius 3 is 1.78 bits per heavy atom. The van der Waals surface area contributed by atoms with Crippen LogP contribution in [-0.2, 0) is 0 Å². The molecule has 45 heavy (non-hydrogen) atoms. The first-order chi connectivity index (χ1) is 22.3. The van der Waals surface area contributed by atoms with E-state index in [0.717, 1.165) is 55.6 Å². The van der Waals surface area contributed by atoms with Gasteiger partial charge in [0.05, 0.1) is 22.6 Å². The van der Waals surface area contributed by atoms with E-state index in [1.807, 2.05) is 47.7 Å². The summed E-state index contributed by atoms with van der Waals surface area (Å²) in [4.78, 5) is 15.4. The maximum Gasteiger partial charge on any atom is 0.160 e. The molecule has 0 saturated heterocycles. The van der Waals surface area contributed by atoms with Crippen molar-refractivity contribution in [2.45, 2.75) is 0 Å². The molecule has 0 amide bonds. The lowest BCUT2D eigenvalue weighted by atomic mass is 9.95. The Bertz CT molecular complexity index is 2460. The highest BCUT2D eigenvalue weighted by molar-refractivity contribution is 7.26. The number of hydrogen-bond acceptors (Lipinski definition) is 4. The van der Waals surface area contributed by atoms with Crippen molar-refractivity contribution >= 4 is 53.2 Å². The van der Waals surface area contributed by atoms with Crippen LogP contribution in [0.3, 0.4) is 0 Å². The fraction of sp³-hybridized carbons (Fsp3) is 0. The summed E-state index contributed by atoms with van der Waals surface area (Å²) in [6, 6.07) is 53.0. The molecule has 9 aromatic rings. The number of nitrogens with zero attached hydrogens (tertiary/aromatic N) is 3. The Balaban J connectivity index is 1.36. The molecule has 9 rings (SSSR count). The lowest BCUT2D eigenvalue weighted by Gasteiger charge is -2.14. The molecule has 0 atom stereocenters. The molecule has 0 N–H and O–H groups in total. The van der Waals surface area contributed by atoms with Crippen LogP contribution < -0.4 is 0 Å². The molecule has 3 nitrogen and oxygen atoms in total. The van der Waals surface area contributed by atoms with E-state index >= 15 is 0 Å². The van der Waals surface area contributed by atoms with Crippen molar-refractivity contribution in [1.29, 1.82) is 0 Å². The molecule has 0 unspecified atom stereocenters. The van der Waals surface area contributed by atoms with Gasteiger partial charge in [0, 0.05) is 58.6 Å². The fourth-order valence-electron chi connectivity index (χ4n) is 6.35. The van der Waals surface area contributed by atoms with Gasteiger partial charge in [-0.3, -0.25) is 0 Å². The highest BCUT2D eigenvalue weighted by Crippen LogP contribution is 2.44. The average molecular weight is 592 g/mol. The van der Waals surface area contributed by atoms with E-state index < -0.39 is 0 Å². The second-order valence-corrected chi connectivity index (χ2v) is 12.3. The quantitative estimate of drug-likeness (QED) is 0.191. The molecule has 3 heterocycles. The second-order valence-electron chi connectivity index (χ2n) is 11.2. The SMILES string of the molecule is c1ccc(-c2cc(-c3ccc4nc(-c5ccccc5)c5ccc6sc7ccccc7c6c5c4c3)nc(-c3ccccc3)n2)cc1. The van der Waals surface area contributed by atoms with E-state index in [9.17, 15) is 0 Å². The van der Waals surface area contributed by atoms with E-state index in [0.29, 0.717) is 5.82 Å². The monoisotopic (exact) mass is 591 g/mol. The molecule has 210 valence electrons. The minimum atomic E-state index is 0.709. The topological polar surface area (TPSA) is 38.7 Å². The van der Waals surface area contributed by atoms with E-state index in [2.05, 4.69) is 115 Å². The zero-order valence-corrected chi connectivity index (χ0v) is 25.0. The first kappa shape index (κ1) is 25.8. The van der Waals surface area contributed by atoms with E-state index in [1.165, 1.54) is 25.6 Å². The molecule has 0 saturated carbocycles. The number of pyridine rings is 1. The zero-order valence-electron chi connectivity index (χ0n) is 24.2. The van der Waals surface area contributed by atoms with E-state index in [4.69, 9.17) is 15.0 Å². The fourth-order valence-corrected chi connectivity index (χ4v) is 7.47. The highest BCUT2D eigenvalue weighted by Gasteiger charge is 2.18. The van der Waals surface area contributed by atoms with Crippen molar-refractivity contribution in [3.63, 3.8) is 0 Å². The number of benzene rings is 6. The van der Waals surface area contributed by atoms with Gasteiger partial charge in [0.1, 0.15) is 0 Å². The predicted octanol–water partition coefficient (Wildman–Crippen LogP) is 11.2. The van der Waals surface area contributed by atoms with Gasteiger partial charge in [-0.1, -0.05) is 121 Å². The molecule has 0 aliphatic carbocycles. The molecule has 0 spiro atoms. The summed E-state index contributed by atoms with van der Waals surface area (Å²) in [6.45, 7) is 0. The second kappa shape index (κ2) is 10.5. The van der Waals surface area contributed by atoms with Crippen molar-refractivity contribution in [3.8, 4) is 45.2 Å². The van der Waals surface area contributed by atoms with Crippen LogP contribution in [-0.4, -0.2) is 15.0 Å². The molecular weight excluding hydrogens is 567 g/mol. The van der Waals surface area contributed by atoms with E-state index in [1.54, 1.807) is 0 Å². The van der Waals surface area contributed by atoms with Crippen molar-refractivity contribution in [3.05, 3.63) is 152 Å². The van der Waals surface area contributed by atoms with Crippen LogP contribution in [0.15, 0.2) is 152 Å². The van der Waals surface area contributed by atoms with Crippen LogP contribution in [0.25, 0.3) is 87.0 Å². The van der Waals surface area contributed by atoms with Crippen LogP contribution in [0.4, 0.5) is 0 Å². The van der Waals surface area contributed by atoms with Crippen LogP contribution in [0.1, 0.15) is 0 Å². The molecular formula is C41H25N3S. The standard InChI is InChI=1S/C41H25N3S/c1-4-12-26(13-5-1)34-25-35(44-41(43-34)28-16-8-3-9-17-28)29-20-22-33-32(24-29)38-31(40(42-33)27-14-6-2-7-15-27)21-23-37-39(38)30-18-10-11-19-36(30)45-37/h1-25H. The number of hydrogen-bond donors (Lipinski definition) is 0. The van der Waals surface area contributed by atoms with Gasteiger partial charge in [-0.2, -0.15) is 0 Å². The summed E-state index contributed by atoms with van der Waals surface area (Å²) in [5, 5.41) is 6.07. The first-order valence-electron chi connectivity index (χ1n) is 15.0. The van der Waals surface area contributed by atoms with Crippen molar-refractivity contribution in [2.24, 2.45) is 0 Å². The average Bonchev–Trinajstić information content (AvgIpc) is 3.51. The lowest BCUT2D eigenvalue weighted by molar-refractivity contribution is 1.18. The van der Waals surface area contributed by atoms with E-state index in [-0.39, 0.29) is 0 Å². The predicted molar refractivity (Wildman–Crippen MR) is 189 cm³/mol. The number of fused-ring (bicyclic) bond motifs is 7. The lowest BCUT2D eigenvalue weighted by Crippen LogP contribution is -1.96. The van der Waals surface area contributed by atoms with Gasteiger partial charge in [-0.25, -0.2) is 15.0 Å². The van der Waals surface area contributed by atoms with Crippen molar-refractivity contribution < 1.29 is 0 Å². The summed E-state index contributed by atoms with van der Waals surface area (Å²) < 4.78 is 2.57. The molecule has 6 aromatic carbocycles. The van der Waals surface area contributed by atoms with Gasteiger partial charge in [0.2, 0.25) is 0 Å². The molecule has 0 radical (unpaired) electrons. The Morgan fingerprint density at radius 2 is 1.02 bits per heavy atom. The Kier molecular flexibility index (Phi) is 6.00. The van der Waals surface area contributed by atoms with Gasteiger partial charge >= 0.3 is 0 Å². The molecule has 0 aliphatic rings. The summed E-state index contributed by atoms with van der Waals surface area (Å²) >= 11 is 1.85. The zero-order chi connectivity index (χ0) is 29.7. The summed E-state index contributed by atoms with van der Waals surface area (Å²) in [6.07, 6.45) is 0. The maximum absolute atomic E-state index is 5.28. The largest absolute Gasteiger partial charge is 0.247 e. The summed E-state index contributed by atoms with van der Waals surface area (Å²) in [7, 11) is 0. The first-order valence-corrected chi connectivity index (χ1v) is 15.9. The highest BCUT2D eigenvalue weighted by atomic mass is 32.1. The molecule has 0 bridgehead atoms. The number of aromatic nitrogens is 3. The van der Waals surface area contributed by atoms with Gasteiger partial charge in [-0.15, -0.1) is 11.3 Å². The smallest absolute Gasteiger partial charge is 0.160 e. The van der Waals surface area contributed by atoms with Gasteiger partial charge in [0.25, 0.3) is 0 Å².